The molecule has 226 valence electrons. The van der Waals surface area contributed by atoms with Crippen molar-refractivity contribution in [2.45, 2.75) is 64.4 Å². The standard InChI is InChI=1S/C31H39N3O8/c1-2-39-30(37)26(42-29(36)20-34-24-12-6-7-13-25(24)41-27(32)19-28(34)35)14-8-11-22-15-17-33(18-16-22)31(38)40-21-23-9-4-3-5-10-23/h3-7,9-10,12-13,22,26-27H,2,8,11,14-21,32H2,1H3/t26-,27-/m0/s1. The lowest BCUT2D eigenvalue weighted by Gasteiger charge is -2.31. The molecule has 0 unspecified atom stereocenters. The lowest BCUT2D eigenvalue weighted by molar-refractivity contribution is -0.167. The molecule has 0 aliphatic carbocycles. The summed E-state index contributed by atoms with van der Waals surface area (Å²) in [6.45, 7) is 2.90. The van der Waals surface area contributed by atoms with Crippen molar-refractivity contribution in [3.8, 4) is 5.75 Å². The van der Waals surface area contributed by atoms with Crippen LogP contribution >= 0.6 is 0 Å². The van der Waals surface area contributed by atoms with Gasteiger partial charge < -0.3 is 23.8 Å². The number of benzene rings is 2. The fourth-order valence-electron chi connectivity index (χ4n) is 5.17. The van der Waals surface area contributed by atoms with Gasteiger partial charge in [0.2, 0.25) is 5.91 Å². The van der Waals surface area contributed by atoms with Gasteiger partial charge in [0.15, 0.2) is 12.3 Å². The summed E-state index contributed by atoms with van der Waals surface area (Å²) in [7, 11) is 0. The Labute approximate surface area is 245 Å². The number of carbonyl (C=O) groups excluding carboxylic acids is 4. The summed E-state index contributed by atoms with van der Waals surface area (Å²) < 4.78 is 21.8. The first-order chi connectivity index (χ1) is 20.3. The molecule has 2 aliphatic rings. The average Bonchev–Trinajstić information content (AvgIpc) is 3.11. The number of para-hydroxylation sites is 2. The number of rotatable bonds is 11. The van der Waals surface area contributed by atoms with E-state index in [1.54, 1.807) is 36.1 Å². The van der Waals surface area contributed by atoms with E-state index in [2.05, 4.69) is 0 Å². The van der Waals surface area contributed by atoms with E-state index >= 15 is 0 Å². The molecule has 2 atom stereocenters. The highest BCUT2D eigenvalue weighted by molar-refractivity contribution is 6.00. The Kier molecular flexibility index (Phi) is 11.2. The second-order valence-corrected chi connectivity index (χ2v) is 10.4. The van der Waals surface area contributed by atoms with Gasteiger partial charge in [-0.3, -0.25) is 20.2 Å². The van der Waals surface area contributed by atoms with Crippen LogP contribution in [0.2, 0.25) is 0 Å². The molecule has 2 heterocycles. The summed E-state index contributed by atoms with van der Waals surface area (Å²) >= 11 is 0. The number of nitrogens with zero attached hydrogens (tertiary/aromatic N) is 2. The summed E-state index contributed by atoms with van der Waals surface area (Å²) in [6, 6.07) is 16.4. The van der Waals surface area contributed by atoms with Crippen molar-refractivity contribution in [3.05, 3.63) is 60.2 Å². The highest BCUT2D eigenvalue weighted by atomic mass is 16.6. The van der Waals surface area contributed by atoms with Gasteiger partial charge in [-0.2, -0.15) is 0 Å². The molecular formula is C31H39N3O8. The Bertz CT molecular complexity index is 1220. The van der Waals surface area contributed by atoms with E-state index in [9.17, 15) is 19.2 Å². The van der Waals surface area contributed by atoms with Gasteiger partial charge in [-0.05, 0) is 56.2 Å². The third kappa shape index (κ3) is 8.69. The Morgan fingerprint density at radius 3 is 2.48 bits per heavy atom. The van der Waals surface area contributed by atoms with Gasteiger partial charge in [-0.1, -0.05) is 48.9 Å². The fraction of sp³-hybridized carbons (Fsp3) is 0.484. The Morgan fingerprint density at radius 1 is 1.02 bits per heavy atom. The molecule has 1 saturated heterocycles. The predicted molar refractivity (Wildman–Crippen MR) is 153 cm³/mol. The quantitative estimate of drug-likeness (QED) is 0.310. The topological polar surface area (TPSA) is 138 Å². The summed E-state index contributed by atoms with van der Waals surface area (Å²) in [4.78, 5) is 53.8. The summed E-state index contributed by atoms with van der Waals surface area (Å²) in [5.41, 5.74) is 7.24. The first-order valence-corrected chi connectivity index (χ1v) is 14.5. The number of hydrogen-bond donors (Lipinski definition) is 1. The van der Waals surface area contributed by atoms with Crippen molar-refractivity contribution in [2.75, 3.05) is 31.1 Å². The molecule has 0 radical (unpaired) electrons. The monoisotopic (exact) mass is 581 g/mol. The van der Waals surface area contributed by atoms with E-state index in [0.717, 1.165) is 24.8 Å². The number of hydrogen-bond acceptors (Lipinski definition) is 9. The smallest absolute Gasteiger partial charge is 0.410 e. The molecule has 11 nitrogen and oxygen atoms in total. The van der Waals surface area contributed by atoms with Crippen LogP contribution in [0.4, 0.5) is 10.5 Å². The average molecular weight is 582 g/mol. The fourth-order valence-corrected chi connectivity index (χ4v) is 5.17. The number of ether oxygens (including phenoxy) is 4. The molecular weight excluding hydrogens is 542 g/mol. The number of likely N-dealkylation sites (tertiary alicyclic amines) is 1. The van der Waals surface area contributed by atoms with Gasteiger partial charge in [0.1, 0.15) is 18.9 Å². The van der Waals surface area contributed by atoms with E-state index in [1.165, 1.54) is 4.90 Å². The summed E-state index contributed by atoms with van der Waals surface area (Å²) in [5.74, 6) is -0.964. The van der Waals surface area contributed by atoms with Crippen LogP contribution in [0, 0.1) is 5.92 Å². The number of esters is 2. The molecule has 2 N–H and O–H groups in total. The maximum absolute atomic E-state index is 12.9. The van der Waals surface area contributed by atoms with E-state index in [1.807, 2.05) is 30.3 Å². The van der Waals surface area contributed by atoms with Gasteiger partial charge in [0, 0.05) is 13.1 Å². The van der Waals surface area contributed by atoms with Gasteiger partial charge in [-0.15, -0.1) is 0 Å². The molecule has 0 spiro atoms. The van der Waals surface area contributed by atoms with Crippen LogP contribution in [0.5, 0.6) is 5.75 Å². The van der Waals surface area contributed by atoms with E-state index in [4.69, 9.17) is 24.7 Å². The summed E-state index contributed by atoms with van der Waals surface area (Å²) in [5, 5.41) is 0. The van der Waals surface area contributed by atoms with Crippen molar-refractivity contribution < 1.29 is 38.1 Å². The number of nitrogens with two attached hydrogens (primary N) is 1. The normalized spacial score (nSPS) is 17.9. The lowest BCUT2D eigenvalue weighted by Crippen LogP contribution is -2.40. The first kappa shape index (κ1) is 30.8. The van der Waals surface area contributed by atoms with Gasteiger partial charge in [-0.25, -0.2) is 9.59 Å². The molecule has 11 heteroatoms. The third-order valence-electron chi connectivity index (χ3n) is 7.38. The van der Waals surface area contributed by atoms with Crippen LogP contribution in [0.25, 0.3) is 0 Å². The zero-order valence-electron chi connectivity index (χ0n) is 23.9. The van der Waals surface area contributed by atoms with Crippen molar-refractivity contribution in [1.29, 1.82) is 0 Å². The van der Waals surface area contributed by atoms with Gasteiger partial charge in [0.05, 0.1) is 18.7 Å². The van der Waals surface area contributed by atoms with Crippen LogP contribution in [0.3, 0.4) is 0 Å². The molecule has 4 rings (SSSR count). The van der Waals surface area contributed by atoms with Crippen molar-refractivity contribution in [2.24, 2.45) is 11.7 Å². The first-order valence-electron chi connectivity index (χ1n) is 14.5. The molecule has 2 amide bonds. The van der Waals surface area contributed by atoms with Crippen molar-refractivity contribution in [1.82, 2.24) is 4.90 Å². The van der Waals surface area contributed by atoms with Gasteiger partial charge in [0.25, 0.3) is 0 Å². The van der Waals surface area contributed by atoms with E-state index < -0.39 is 24.3 Å². The molecule has 42 heavy (non-hydrogen) atoms. The van der Waals surface area contributed by atoms with Crippen LogP contribution in [0.1, 0.15) is 51.0 Å². The van der Waals surface area contributed by atoms with Crippen LogP contribution in [-0.2, 0) is 35.2 Å². The second-order valence-electron chi connectivity index (χ2n) is 10.4. The Balaban J connectivity index is 1.24. The minimum atomic E-state index is -1.08. The minimum Gasteiger partial charge on any atom is -0.473 e. The van der Waals surface area contributed by atoms with Gasteiger partial charge >= 0.3 is 18.0 Å². The Morgan fingerprint density at radius 2 is 1.74 bits per heavy atom. The maximum atomic E-state index is 12.9. The zero-order valence-corrected chi connectivity index (χ0v) is 23.9. The number of anilines is 1. The third-order valence-corrected chi connectivity index (χ3v) is 7.38. The largest absolute Gasteiger partial charge is 0.473 e. The number of carbonyl (C=O) groups is 4. The van der Waals surface area contributed by atoms with Crippen LogP contribution in [0.15, 0.2) is 54.6 Å². The highest BCUT2D eigenvalue weighted by Crippen LogP contribution is 2.32. The minimum absolute atomic E-state index is 0.104. The molecule has 2 aliphatic heterocycles. The van der Waals surface area contributed by atoms with E-state index in [-0.39, 0.29) is 38.2 Å². The zero-order chi connectivity index (χ0) is 29.9. The molecule has 0 bridgehead atoms. The molecule has 2 aromatic rings. The number of amides is 2. The number of fused-ring (bicyclic) bond motifs is 1. The second kappa shape index (κ2) is 15.2. The molecule has 0 saturated carbocycles. The Hall–Kier alpha value is -4.12. The maximum Gasteiger partial charge on any atom is 0.410 e. The van der Waals surface area contributed by atoms with Crippen molar-refractivity contribution >= 4 is 29.6 Å². The highest BCUT2D eigenvalue weighted by Gasteiger charge is 2.32. The van der Waals surface area contributed by atoms with Crippen LogP contribution < -0.4 is 15.4 Å². The predicted octanol–water partition coefficient (Wildman–Crippen LogP) is 3.78. The van der Waals surface area contributed by atoms with Crippen LogP contribution in [-0.4, -0.2) is 67.4 Å². The summed E-state index contributed by atoms with van der Waals surface area (Å²) in [6.07, 6.45) is 1.05. The van der Waals surface area contributed by atoms with E-state index in [0.29, 0.717) is 43.3 Å². The SMILES string of the molecule is CCOC(=O)[C@H](CCCC1CCN(C(=O)OCc2ccccc2)CC1)OC(=O)CN1C(=O)C[C@@H](N)Oc2ccccc21. The molecule has 2 aromatic carbocycles. The molecule has 1 fully saturated rings. The van der Waals surface area contributed by atoms with Crippen molar-refractivity contribution in [3.63, 3.8) is 0 Å². The number of piperidine rings is 1. The molecule has 0 aromatic heterocycles. The lowest BCUT2D eigenvalue weighted by atomic mass is 9.91.